The molecule has 6 heteroatoms. The highest BCUT2D eigenvalue weighted by Gasteiger charge is 2.37. The number of nitrogens with one attached hydrogen (secondary N) is 1. The summed E-state index contributed by atoms with van der Waals surface area (Å²) in [5.41, 5.74) is 0.896. The minimum Gasteiger partial charge on any atom is -0.480 e. The highest BCUT2D eigenvalue weighted by Crippen LogP contribution is 2.32. The van der Waals surface area contributed by atoms with Gasteiger partial charge in [0.25, 0.3) is 0 Å². The zero-order valence-electron chi connectivity index (χ0n) is 10.7. The van der Waals surface area contributed by atoms with Crippen molar-refractivity contribution in [2.24, 2.45) is 5.92 Å². The van der Waals surface area contributed by atoms with Crippen LogP contribution in [0.4, 0.5) is 0 Å². The quantitative estimate of drug-likeness (QED) is 0.848. The van der Waals surface area contributed by atoms with Crippen molar-refractivity contribution >= 4 is 35.1 Å². The molecular weight excluding hydrogens is 301 g/mol. The van der Waals surface area contributed by atoms with E-state index in [0.717, 1.165) is 18.4 Å². The van der Waals surface area contributed by atoms with Crippen molar-refractivity contribution in [2.45, 2.75) is 31.7 Å². The molecule has 1 aromatic carbocycles. The number of hydrogen-bond acceptors (Lipinski definition) is 2. The highest BCUT2D eigenvalue weighted by atomic mass is 35.5. The van der Waals surface area contributed by atoms with Gasteiger partial charge in [-0.05, 0) is 42.9 Å². The van der Waals surface area contributed by atoms with Crippen LogP contribution in [0, 0.1) is 5.92 Å². The van der Waals surface area contributed by atoms with E-state index in [2.05, 4.69) is 5.32 Å². The molecule has 2 N–H and O–H groups in total. The third-order valence-electron chi connectivity index (χ3n) is 3.30. The Morgan fingerprint density at radius 1 is 1.30 bits per heavy atom. The summed E-state index contributed by atoms with van der Waals surface area (Å²) in [7, 11) is 0. The number of rotatable bonds is 6. The molecule has 0 spiro atoms. The number of carbonyl (C=O) groups excluding carboxylic acids is 1. The van der Waals surface area contributed by atoms with Crippen LogP contribution in [0.5, 0.6) is 0 Å². The van der Waals surface area contributed by atoms with Gasteiger partial charge in [0.05, 0.1) is 10.0 Å². The van der Waals surface area contributed by atoms with Gasteiger partial charge in [-0.25, -0.2) is 4.79 Å². The fraction of sp³-hybridized carbons (Fsp3) is 0.429. The molecule has 1 fully saturated rings. The van der Waals surface area contributed by atoms with E-state index >= 15 is 0 Å². The Balaban J connectivity index is 1.85. The lowest BCUT2D eigenvalue weighted by atomic mass is 10.1. The van der Waals surface area contributed by atoms with Gasteiger partial charge in [0.1, 0.15) is 6.04 Å². The molecule has 4 nitrogen and oxygen atoms in total. The lowest BCUT2D eigenvalue weighted by Crippen LogP contribution is -2.42. The predicted octanol–water partition coefficient (Wildman–Crippen LogP) is 2.91. The second-order valence-corrected chi connectivity index (χ2v) is 5.78. The average Bonchev–Trinajstić information content (AvgIpc) is 3.21. The van der Waals surface area contributed by atoms with E-state index in [-0.39, 0.29) is 18.2 Å². The first-order chi connectivity index (χ1) is 9.47. The first kappa shape index (κ1) is 15.1. The van der Waals surface area contributed by atoms with E-state index < -0.39 is 12.0 Å². The number of carbonyl (C=O) groups is 2. The van der Waals surface area contributed by atoms with Gasteiger partial charge >= 0.3 is 5.97 Å². The maximum absolute atomic E-state index is 11.8. The summed E-state index contributed by atoms with van der Waals surface area (Å²) in [5.74, 6) is -1.13. The third-order valence-corrected chi connectivity index (χ3v) is 4.04. The number of amides is 1. The van der Waals surface area contributed by atoms with Gasteiger partial charge in [-0.3, -0.25) is 4.79 Å². The fourth-order valence-corrected chi connectivity index (χ4v) is 2.33. The summed E-state index contributed by atoms with van der Waals surface area (Å²) >= 11 is 11.7. The smallest absolute Gasteiger partial charge is 0.326 e. The highest BCUT2D eigenvalue weighted by molar-refractivity contribution is 6.42. The summed E-state index contributed by atoms with van der Waals surface area (Å²) < 4.78 is 0. The summed E-state index contributed by atoms with van der Waals surface area (Å²) in [6.45, 7) is 0. The number of carboxylic acids is 1. The van der Waals surface area contributed by atoms with E-state index in [0.29, 0.717) is 16.5 Å². The lowest BCUT2D eigenvalue weighted by Gasteiger charge is -2.13. The molecule has 0 saturated heterocycles. The molecule has 1 saturated carbocycles. The topological polar surface area (TPSA) is 66.4 Å². The number of hydrogen-bond donors (Lipinski definition) is 2. The Morgan fingerprint density at radius 3 is 2.55 bits per heavy atom. The summed E-state index contributed by atoms with van der Waals surface area (Å²) in [4.78, 5) is 22.8. The Labute approximate surface area is 127 Å². The van der Waals surface area contributed by atoms with Crippen LogP contribution in [0.3, 0.4) is 0 Å². The van der Waals surface area contributed by atoms with E-state index in [4.69, 9.17) is 28.3 Å². The van der Waals surface area contributed by atoms with Crippen molar-refractivity contribution in [3.63, 3.8) is 0 Å². The molecule has 0 bridgehead atoms. The molecular formula is C14H15Cl2NO3. The van der Waals surface area contributed by atoms with Gasteiger partial charge in [0.2, 0.25) is 5.91 Å². The van der Waals surface area contributed by atoms with E-state index in [1.165, 1.54) is 0 Å². The van der Waals surface area contributed by atoms with Crippen LogP contribution in [0.25, 0.3) is 0 Å². The Morgan fingerprint density at radius 2 is 2.00 bits per heavy atom. The molecule has 1 amide bonds. The number of halogens is 2. The van der Waals surface area contributed by atoms with Crippen LogP contribution in [0.2, 0.25) is 10.0 Å². The average molecular weight is 316 g/mol. The number of aliphatic carboxylic acids is 1. The van der Waals surface area contributed by atoms with Crippen molar-refractivity contribution in [1.82, 2.24) is 5.32 Å². The molecule has 1 unspecified atom stereocenters. The standard InChI is InChI=1S/C14H15Cl2NO3/c15-10-5-1-8(7-11(10)16)2-6-12(18)17-13(14(19)20)9-3-4-9/h1,5,7,9,13H,2-4,6H2,(H,17,18)(H,19,20). The molecule has 0 aromatic heterocycles. The monoisotopic (exact) mass is 315 g/mol. The predicted molar refractivity (Wildman–Crippen MR) is 77.1 cm³/mol. The zero-order valence-corrected chi connectivity index (χ0v) is 12.2. The van der Waals surface area contributed by atoms with Crippen molar-refractivity contribution in [1.29, 1.82) is 0 Å². The molecule has 2 rings (SSSR count). The van der Waals surface area contributed by atoms with Gasteiger partial charge in [0.15, 0.2) is 0 Å². The molecule has 0 heterocycles. The fourth-order valence-electron chi connectivity index (χ4n) is 2.01. The molecule has 1 aromatic rings. The summed E-state index contributed by atoms with van der Waals surface area (Å²) in [5, 5.41) is 12.5. The summed E-state index contributed by atoms with van der Waals surface area (Å²) in [6, 6.07) is 4.45. The molecule has 0 radical (unpaired) electrons. The van der Waals surface area contributed by atoms with Crippen LogP contribution in [-0.2, 0) is 16.0 Å². The SMILES string of the molecule is O=C(CCc1ccc(Cl)c(Cl)c1)NC(C(=O)O)C1CC1. The van der Waals surface area contributed by atoms with Crippen LogP contribution in [0.15, 0.2) is 18.2 Å². The molecule has 20 heavy (non-hydrogen) atoms. The number of aryl methyl sites for hydroxylation is 1. The maximum Gasteiger partial charge on any atom is 0.326 e. The Kier molecular flexibility index (Phi) is 4.89. The maximum atomic E-state index is 11.8. The Bertz CT molecular complexity index is 529. The van der Waals surface area contributed by atoms with E-state index in [9.17, 15) is 9.59 Å². The lowest BCUT2D eigenvalue weighted by molar-refractivity contribution is -0.142. The van der Waals surface area contributed by atoms with Crippen molar-refractivity contribution < 1.29 is 14.7 Å². The molecule has 108 valence electrons. The second kappa shape index (κ2) is 6.46. The van der Waals surface area contributed by atoms with Gasteiger partial charge < -0.3 is 10.4 Å². The minimum atomic E-state index is -0.963. The van der Waals surface area contributed by atoms with Crippen molar-refractivity contribution in [3.05, 3.63) is 33.8 Å². The summed E-state index contributed by atoms with van der Waals surface area (Å²) in [6.07, 6.45) is 2.46. The number of carboxylic acid groups (broad SMARTS) is 1. The van der Waals surface area contributed by atoms with Crippen LogP contribution in [-0.4, -0.2) is 23.0 Å². The van der Waals surface area contributed by atoms with Crippen LogP contribution in [0.1, 0.15) is 24.8 Å². The van der Waals surface area contributed by atoms with Crippen molar-refractivity contribution in [3.8, 4) is 0 Å². The van der Waals surface area contributed by atoms with E-state index in [1.54, 1.807) is 18.2 Å². The minimum absolute atomic E-state index is 0.0847. The largest absolute Gasteiger partial charge is 0.480 e. The first-order valence-corrected chi connectivity index (χ1v) is 7.19. The molecule has 1 aliphatic rings. The van der Waals surface area contributed by atoms with Crippen LogP contribution >= 0.6 is 23.2 Å². The van der Waals surface area contributed by atoms with Gasteiger partial charge in [-0.2, -0.15) is 0 Å². The normalized spacial score (nSPS) is 15.7. The van der Waals surface area contributed by atoms with E-state index in [1.807, 2.05) is 0 Å². The molecule has 1 aliphatic carbocycles. The Hall–Kier alpha value is -1.26. The zero-order chi connectivity index (χ0) is 14.7. The van der Waals surface area contributed by atoms with Crippen LogP contribution < -0.4 is 5.32 Å². The van der Waals surface area contributed by atoms with Crippen molar-refractivity contribution in [2.75, 3.05) is 0 Å². The third kappa shape index (κ3) is 4.12. The molecule has 0 aliphatic heterocycles. The molecule has 1 atom stereocenters. The van der Waals surface area contributed by atoms with Gasteiger partial charge in [-0.15, -0.1) is 0 Å². The second-order valence-electron chi connectivity index (χ2n) is 4.97. The van der Waals surface area contributed by atoms with Gasteiger partial charge in [0, 0.05) is 6.42 Å². The first-order valence-electron chi connectivity index (χ1n) is 6.43. The van der Waals surface area contributed by atoms with Gasteiger partial charge in [-0.1, -0.05) is 29.3 Å². The number of benzene rings is 1.